The van der Waals surface area contributed by atoms with Crippen molar-refractivity contribution in [3.8, 4) is 0 Å². The van der Waals surface area contributed by atoms with Gasteiger partial charge in [0.25, 0.3) is 0 Å². The van der Waals surface area contributed by atoms with Gasteiger partial charge in [0.15, 0.2) is 0 Å². The van der Waals surface area contributed by atoms with Gasteiger partial charge in [-0.1, -0.05) is 31.2 Å². The van der Waals surface area contributed by atoms with Crippen LogP contribution in [-0.4, -0.2) is 28.8 Å². The summed E-state index contributed by atoms with van der Waals surface area (Å²) in [5, 5.41) is 0. The maximum absolute atomic E-state index is 12.4. The predicted octanol–water partition coefficient (Wildman–Crippen LogP) is 0.943. The fourth-order valence-corrected chi connectivity index (χ4v) is 2.37. The third kappa shape index (κ3) is 4.29. The zero-order valence-electron chi connectivity index (χ0n) is 12.4. The molecule has 21 heavy (non-hydrogen) atoms. The molecule has 1 atom stereocenters. The molecule has 0 spiro atoms. The van der Waals surface area contributed by atoms with E-state index >= 15 is 0 Å². The van der Waals surface area contributed by atoms with Crippen LogP contribution >= 0.6 is 0 Å². The first-order valence-corrected chi connectivity index (χ1v) is 7.43. The van der Waals surface area contributed by atoms with E-state index in [1.807, 2.05) is 12.1 Å². The number of nitrogens with two attached hydrogens (primary N) is 2. The summed E-state index contributed by atoms with van der Waals surface area (Å²) < 4.78 is 0. The van der Waals surface area contributed by atoms with E-state index in [0.717, 1.165) is 24.8 Å². The van der Waals surface area contributed by atoms with Gasteiger partial charge in [0.05, 0.1) is 12.5 Å². The fraction of sp³-hybridized carbons (Fsp3) is 0.500. The third-order valence-electron chi connectivity index (χ3n) is 3.79. The number of benzene rings is 1. The number of hydrogen-bond acceptors (Lipinski definition) is 3. The Labute approximate surface area is 125 Å². The first kappa shape index (κ1) is 15.5. The van der Waals surface area contributed by atoms with Gasteiger partial charge in [-0.05, 0) is 30.4 Å². The van der Waals surface area contributed by atoms with Gasteiger partial charge in [-0.15, -0.1) is 0 Å². The van der Waals surface area contributed by atoms with E-state index in [2.05, 4.69) is 19.1 Å². The fourth-order valence-electron chi connectivity index (χ4n) is 2.37. The highest BCUT2D eigenvalue weighted by atomic mass is 16.2. The Morgan fingerprint density at radius 3 is 2.29 bits per heavy atom. The number of hydrogen-bond donors (Lipinski definition) is 2. The van der Waals surface area contributed by atoms with Gasteiger partial charge in [0, 0.05) is 12.6 Å². The molecule has 0 aliphatic heterocycles. The Morgan fingerprint density at radius 1 is 1.24 bits per heavy atom. The molecule has 0 radical (unpaired) electrons. The van der Waals surface area contributed by atoms with Crippen molar-refractivity contribution >= 4 is 11.8 Å². The third-order valence-corrected chi connectivity index (χ3v) is 3.79. The number of aryl methyl sites for hydroxylation is 1. The second kappa shape index (κ2) is 6.72. The minimum absolute atomic E-state index is 0.100. The average molecular weight is 289 g/mol. The molecule has 114 valence electrons. The number of carbonyl (C=O) groups is 2. The smallest absolute Gasteiger partial charge is 0.240 e. The number of primary amides is 1. The van der Waals surface area contributed by atoms with Gasteiger partial charge in [-0.25, -0.2) is 0 Å². The Kier molecular flexibility index (Phi) is 4.96. The van der Waals surface area contributed by atoms with Gasteiger partial charge in [-0.3, -0.25) is 9.59 Å². The Hall–Kier alpha value is -1.88. The summed E-state index contributed by atoms with van der Waals surface area (Å²) in [5.41, 5.74) is 13.3. The van der Waals surface area contributed by atoms with Gasteiger partial charge in [0.2, 0.25) is 11.8 Å². The highest BCUT2D eigenvalue weighted by molar-refractivity contribution is 5.87. The maximum Gasteiger partial charge on any atom is 0.240 e. The molecule has 1 aromatic rings. The van der Waals surface area contributed by atoms with Crippen molar-refractivity contribution in [3.05, 3.63) is 35.4 Å². The van der Waals surface area contributed by atoms with Gasteiger partial charge >= 0.3 is 0 Å². The molecule has 0 bridgehead atoms. The molecule has 5 nitrogen and oxygen atoms in total. The van der Waals surface area contributed by atoms with Gasteiger partial charge in [0.1, 0.15) is 0 Å². The van der Waals surface area contributed by atoms with E-state index < -0.39 is 11.9 Å². The second-order valence-electron chi connectivity index (χ2n) is 5.64. The Balaban J connectivity index is 2.04. The molecule has 0 aromatic heterocycles. The largest absolute Gasteiger partial charge is 0.370 e. The maximum atomic E-state index is 12.4. The van der Waals surface area contributed by atoms with Crippen LogP contribution in [0, 0.1) is 0 Å². The quantitative estimate of drug-likeness (QED) is 0.783. The lowest BCUT2D eigenvalue weighted by Crippen LogP contribution is -2.46. The zero-order chi connectivity index (χ0) is 15.4. The number of rotatable bonds is 7. The standard InChI is InChI=1S/C16H23N3O2/c1-2-11-3-5-12(6-4-11)10-19(13-7-8-13)16(21)14(17)9-15(18)20/h3-6,13-14H,2,7-10,17H2,1H3,(H2,18,20). The number of amides is 2. The van der Waals surface area contributed by atoms with Crippen molar-refractivity contribution in [2.75, 3.05) is 0 Å². The zero-order valence-corrected chi connectivity index (χ0v) is 12.4. The molecular formula is C16H23N3O2. The van der Waals surface area contributed by atoms with Crippen molar-refractivity contribution in [1.82, 2.24) is 4.90 Å². The molecule has 1 aliphatic rings. The minimum atomic E-state index is -0.835. The second-order valence-corrected chi connectivity index (χ2v) is 5.64. The molecule has 4 N–H and O–H groups in total. The molecule has 0 saturated heterocycles. The van der Waals surface area contributed by atoms with Crippen LogP contribution in [0.5, 0.6) is 0 Å². The molecule has 0 heterocycles. The van der Waals surface area contributed by atoms with E-state index in [0.29, 0.717) is 6.54 Å². The topological polar surface area (TPSA) is 89.4 Å². The highest BCUT2D eigenvalue weighted by Crippen LogP contribution is 2.29. The van der Waals surface area contributed by atoms with E-state index in [4.69, 9.17) is 11.5 Å². The molecule has 1 fully saturated rings. The number of carbonyl (C=O) groups excluding carboxylic acids is 2. The first-order valence-electron chi connectivity index (χ1n) is 7.43. The van der Waals surface area contributed by atoms with Crippen LogP contribution < -0.4 is 11.5 Å². The monoisotopic (exact) mass is 289 g/mol. The van der Waals surface area contributed by atoms with Crippen LogP contribution in [0.2, 0.25) is 0 Å². The lowest BCUT2D eigenvalue weighted by atomic mass is 10.1. The van der Waals surface area contributed by atoms with Gasteiger partial charge < -0.3 is 16.4 Å². The lowest BCUT2D eigenvalue weighted by Gasteiger charge is -2.25. The van der Waals surface area contributed by atoms with Crippen molar-refractivity contribution in [2.45, 2.75) is 51.2 Å². The molecule has 1 aromatic carbocycles. The van der Waals surface area contributed by atoms with Crippen molar-refractivity contribution < 1.29 is 9.59 Å². The molecular weight excluding hydrogens is 266 g/mol. The molecule has 1 unspecified atom stereocenters. The summed E-state index contributed by atoms with van der Waals surface area (Å²) in [6, 6.07) is 7.66. The molecule has 2 amide bonds. The van der Waals surface area contributed by atoms with Crippen LogP contribution in [0.4, 0.5) is 0 Å². The van der Waals surface area contributed by atoms with Crippen molar-refractivity contribution in [2.24, 2.45) is 11.5 Å². The summed E-state index contributed by atoms with van der Waals surface area (Å²) in [6.07, 6.45) is 2.90. The van der Waals surface area contributed by atoms with E-state index in [1.165, 1.54) is 5.56 Å². The van der Waals surface area contributed by atoms with Crippen molar-refractivity contribution in [1.29, 1.82) is 0 Å². The van der Waals surface area contributed by atoms with Crippen LogP contribution in [-0.2, 0) is 22.6 Å². The van der Waals surface area contributed by atoms with Gasteiger partial charge in [-0.2, -0.15) is 0 Å². The molecule has 2 rings (SSSR count). The normalized spacial score (nSPS) is 15.5. The highest BCUT2D eigenvalue weighted by Gasteiger charge is 2.35. The SMILES string of the molecule is CCc1ccc(CN(C(=O)C(N)CC(N)=O)C2CC2)cc1. The molecule has 1 saturated carbocycles. The number of nitrogens with zero attached hydrogens (tertiary/aromatic N) is 1. The van der Waals surface area contributed by atoms with Crippen LogP contribution in [0.25, 0.3) is 0 Å². The summed E-state index contributed by atoms with van der Waals surface area (Å²) in [5.74, 6) is -0.727. The van der Waals surface area contributed by atoms with Crippen LogP contribution in [0.1, 0.15) is 37.3 Å². The average Bonchev–Trinajstić information content (AvgIpc) is 3.28. The summed E-state index contributed by atoms with van der Waals surface area (Å²) in [4.78, 5) is 25.1. The minimum Gasteiger partial charge on any atom is -0.370 e. The summed E-state index contributed by atoms with van der Waals surface area (Å²) >= 11 is 0. The Morgan fingerprint density at radius 2 is 1.81 bits per heavy atom. The predicted molar refractivity (Wildman–Crippen MR) is 81.2 cm³/mol. The van der Waals surface area contributed by atoms with E-state index in [-0.39, 0.29) is 18.4 Å². The summed E-state index contributed by atoms with van der Waals surface area (Å²) in [6.45, 7) is 2.65. The van der Waals surface area contributed by atoms with Crippen LogP contribution in [0.15, 0.2) is 24.3 Å². The van der Waals surface area contributed by atoms with Crippen molar-refractivity contribution in [3.63, 3.8) is 0 Å². The lowest BCUT2D eigenvalue weighted by molar-refractivity contribution is -0.135. The first-order chi connectivity index (χ1) is 10.0. The summed E-state index contributed by atoms with van der Waals surface area (Å²) in [7, 11) is 0. The van der Waals surface area contributed by atoms with E-state index in [9.17, 15) is 9.59 Å². The Bertz CT molecular complexity index is 509. The molecule has 1 aliphatic carbocycles. The van der Waals surface area contributed by atoms with Crippen LogP contribution in [0.3, 0.4) is 0 Å². The molecule has 5 heteroatoms. The van der Waals surface area contributed by atoms with E-state index in [1.54, 1.807) is 4.90 Å².